The molecule has 2 heterocycles. The van der Waals surface area contributed by atoms with Crippen molar-refractivity contribution >= 4 is 50.7 Å². The van der Waals surface area contributed by atoms with E-state index in [1.54, 1.807) is 24.4 Å². The highest BCUT2D eigenvalue weighted by Gasteiger charge is 2.20. The lowest BCUT2D eigenvalue weighted by Gasteiger charge is -2.09. The van der Waals surface area contributed by atoms with E-state index in [2.05, 4.69) is 26.3 Å². The standard InChI is InChI=1S/C20H13Cl2N5S/c21-14-6-5-12(9-15(14)22)11-25-20-24-8-7-16(27-20)13(10-23)19-26-17-3-1-2-4-18(17)28-19/h1-9,13H,11H2,(H,24,25,27). The van der Waals surface area contributed by atoms with Crippen molar-refractivity contribution in [3.63, 3.8) is 0 Å². The molecule has 5 nitrogen and oxygen atoms in total. The number of benzene rings is 2. The van der Waals surface area contributed by atoms with Crippen LogP contribution in [0.1, 0.15) is 22.2 Å². The molecule has 0 spiro atoms. The molecule has 1 unspecified atom stereocenters. The molecule has 0 aliphatic heterocycles. The van der Waals surface area contributed by atoms with Gasteiger partial charge in [0, 0.05) is 12.7 Å². The summed E-state index contributed by atoms with van der Waals surface area (Å²) in [5.41, 5.74) is 2.44. The van der Waals surface area contributed by atoms with Crippen LogP contribution in [0.3, 0.4) is 0 Å². The van der Waals surface area contributed by atoms with E-state index in [0.717, 1.165) is 20.8 Å². The maximum Gasteiger partial charge on any atom is 0.223 e. The van der Waals surface area contributed by atoms with Gasteiger partial charge in [0.05, 0.1) is 32.0 Å². The van der Waals surface area contributed by atoms with Gasteiger partial charge in [-0.15, -0.1) is 11.3 Å². The molecule has 0 aliphatic carbocycles. The van der Waals surface area contributed by atoms with E-state index in [0.29, 0.717) is 28.2 Å². The van der Waals surface area contributed by atoms with Gasteiger partial charge in [0.15, 0.2) is 0 Å². The van der Waals surface area contributed by atoms with Crippen molar-refractivity contribution in [1.82, 2.24) is 15.0 Å². The number of hydrogen-bond donors (Lipinski definition) is 1. The maximum absolute atomic E-state index is 9.72. The third-order valence-corrected chi connectivity index (χ3v) is 5.93. The summed E-state index contributed by atoms with van der Waals surface area (Å²) in [5.74, 6) is -0.115. The van der Waals surface area contributed by atoms with Crippen molar-refractivity contribution in [2.75, 3.05) is 5.32 Å². The van der Waals surface area contributed by atoms with Crippen LogP contribution in [0.5, 0.6) is 0 Å². The molecule has 2 aromatic heterocycles. The van der Waals surface area contributed by atoms with Crippen molar-refractivity contribution < 1.29 is 0 Å². The molecule has 0 aliphatic rings. The van der Waals surface area contributed by atoms with Crippen molar-refractivity contribution in [2.45, 2.75) is 12.5 Å². The topological polar surface area (TPSA) is 74.5 Å². The summed E-state index contributed by atoms with van der Waals surface area (Å²) >= 11 is 13.5. The van der Waals surface area contributed by atoms with Gasteiger partial charge in [-0.25, -0.2) is 15.0 Å². The Bertz CT molecular complexity index is 1150. The summed E-state index contributed by atoms with van der Waals surface area (Å²) in [4.78, 5) is 13.3. The quantitative estimate of drug-likeness (QED) is 0.446. The molecule has 0 radical (unpaired) electrons. The number of thiazole rings is 1. The zero-order valence-electron chi connectivity index (χ0n) is 14.4. The fourth-order valence-corrected chi connectivity index (χ4v) is 4.06. The number of hydrogen-bond acceptors (Lipinski definition) is 6. The first-order valence-corrected chi connectivity index (χ1v) is 9.97. The van der Waals surface area contributed by atoms with Crippen LogP contribution >= 0.6 is 34.5 Å². The fraction of sp³-hybridized carbons (Fsp3) is 0.100. The van der Waals surface area contributed by atoms with Crippen LogP contribution in [0, 0.1) is 11.3 Å². The lowest BCUT2D eigenvalue weighted by molar-refractivity contribution is 0.926. The molecule has 138 valence electrons. The lowest BCUT2D eigenvalue weighted by Crippen LogP contribution is -2.07. The van der Waals surface area contributed by atoms with Gasteiger partial charge < -0.3 is 5.32 Å². The first-order chi connectivity index (χ1) is 13.6. The van der Waals surface area contributed by atoms with Gasteiger partial charge >= 0.3 is 0 Å². The average Bonchev–Trinajstić information content (AvgIpc) is 3.13. The molecule has 1 N–H and O–H groups in total. The van der Waals surface area contributed by atoms with Gasteiger partial charge in [0.1, 0.15) is 10.9 Å². The fourth-order valence-electron chi connectivity index (χ4n) is 2.71. The van der Waals surface area contributed by atoms with Crippen molar-refractivity contribution in [2.24, 2.45) is 0 Å². The second-order valence-electron chi connectivity index (χ2n) is 5.99. The molecular formula is C20H13Cl2N5S. The van der Waals surface area contributed by atoms with Gasteiger partial charge in [-0.05, 0) is 35.9 Å². The number of aromatic nitrogens is 3. The molecular weight excluding hydrogens is 413 g/mol. The van der Waals surface area contributed by atoms with Crippen molar-refractivity contribution in [3.8, 4) is 6.07 Å². The van der Waals surface area contributed by atoms with Crippen LogP contribution in [-0.4, -0.2) is 15.0 Å². The monoisotopic (exact) mass is 425 g/mol. The maximum atomic E-state index is 9.72. The summed E-state index contributed by atoms with van der Waals surface area (Å²) in [6.07, 6.45) is 1.64. The van der Waals surface area contributed by atoms with Crippen molar-refractivity contribution in [3.05, 3.63) is 81.0 Å². The number of nitriles is 1. The van der Waals surface area contributed by atoms with E-state index in [-0.39, 0.29) is 0 Å². The van der Waals surface area contributed by atoms with Crippen LogP contribution < -0.4 is 5.32 Å². The van der Waals surface area contributed by atoms with Gasteiger partial charge in [0.2, 0.25) is 5.95 Å². The van der Waals surface area contributed by atoms with Gasteiger partial charge in [0.25, 0.3) is 0 Å². The highest BCUT2D eigenvalue weighted by Crippen LogP contribution is 2.31. The second kappa shape index (κ2) is 8.11. The molecule has 4 aromatic rings. The number of para-hydroxylation sites is 1. The van der Waals surface area contributed by atoms with Gasteiger partial charge in [-0.2, -0.15) is 5.26 Å². The number of nitrogens with zero attached hydrogens (tertiary/aromatic N) is 4. The summed E-state index contributed by atoms with van der Waals surface area (Å²) in [6, 6.07) is 17.3. The van der Waals surface area contributed by atoms with Crippen LogP contribution in [0.25, 0.3) is 10.2 Å². The molecule has 2 aromatic carbocycles. The summed E-state index contributed by atoms with van der Waals surface area (Å²) in [7, 11) is 0. The first-order valence-electron chi connectivity index (χ1n) is 8.40. The molecule has 28 heavy (non-hydrogen) atoms. The lowest BCUT2D eigenvalue weighted by atomic mass is 10.1. The van der Waals surface area contributed by atoms with E-state index < -0.39 is 5.92 Å². The minimum absolute atomic E-state index is 0.435. The van der Waals surface area contributed by atoms with E-state index in [9.17, 15) is 5.26 Å². The zero-order chi connectivity index (χ0) is 19.5. The van der Waals surface area contributed by atoms with Crippen LogP contribution in [0.4, 0.5) is 5.95 Å². The summed E-state index contributed by atoms with van der Waals surface area (Å²) in [6.45, 7) is 0.485. The van der Waals surface area contributed by atoms with E-state index in [1.165, 1.54) is 11.3 Å². The van der Waals surface area contributed by atoms with Gasteiger partial charge in [-0.1, -0.05) is 41.4 Å². The Hall–Kier alpha value is -2.72. The predicted molar refractivity (Wildman–Crippen MR) is 113 cm³/mol. The molecule has 0 fully saturated rings. The minimum atomic E-state index is -0.550. The first kappa shape index (κ1) is 18.6. The smallest absolute Gasteiger partial charge is 0.223 e. The largest absolute Gasteiger partial charge is 0.350 e. The molecule has 4 rings (SSSR count). The Balaban J connectivity index is 1.56. The summed E-state index contributed by atoms with van der Waals surface area (Å²) in [5, 5.41) is 14.6. The Morgan fingerprint density at radius 2 is 1.93 bits per heavy atom. The predicted octanol–water partition coefficient (Wildman–Crippen LogP) is 5.66. The molecule has 0 saturated carbocycles. The van der Waals surface area contributed by atoms with Crippen LogP contribution in [0.2, 0.25) is 10.0 Å². The van der Waals surface area contributed by atoms with E-state index in [1.807, 2.05) is 30.3 Å². The highest BCUT2D eigenvalue weighted by molar-refractivity contribution is 7.18. The number of anilines is 1. The molecule has 1 atom stereocenters. The third-order valence-electron chi connectivity index (χ3n) is 4.09. The minimum Gasteiger partial charge on any atom is -0.350 e. The third kappa shape index (κ3) is 3.92. The second-order valence-corrected chi connectivity index (χ2v) is 7.87. The van der Waals surface area contributed by atoms with E-state index >= 15 is 0 Å². The van der Waals surface area contributed by atoms with Gasteiger partial charge in [-0.3, -0.25) is 0 Å². The molecule has 0 bridgehead atoms. The normalized spacial score (nSPS) is 11.9. The Kier molecular flexibility index (Phi) is 5.40. The molecule has 0 amide bonds. The Morgan fingerprint density at radius 3 is 2.71 bits per heavy atom. The summed E-state index contributed by atoms with van der Waals surface area (Å²) < 4.78 is 1.05. The Morgan fingerprint density at radius 1 is 1.07 bits per heavy atom. The van der Waals surface area contributed by atoms with Crippen molar-refractivity contribution in [1.29, 1.82) is 5.26 Å². The number of nitrogens with one attached hydrogen (secondary N) is 1. The Labute approximate surface area is 175 Å². The molecule has 8 heteroatoms. The van der Waals surface area contributed by atoms with E-state index in [4.69, 9.17) is 23.2 Å². The highest BCUT2D eigenvalue weighted by atomic mass is 35.5. The number of fused-ring (bicyclic) bond motifs is 1. The van der Waals surface area contributed by atoms with Crippen LogP contribution in [0.15, 0.2) is 54.7 Å². The average molecular weight is 426 g/mol. The number of halogens is 2. The number of rotatable bonds is 5. The van der Waals surface area contributed by atoms with Crippen LogP contribution in [-0.2, 0) is 6.54 Å². The SMILES string of the molecule is N#CC(c1ccnc(NCc2ccc(Cl)c(Cl)c2)n1)c1nc2ccccc2s1. The molecule has 0 saturated heterocycles. The zero-order valence-corrected chi connectivity index (χ0v) is 16.8.